The Morgan fingerprint density at radius 3 is 2.57 bits per heavy atom. The third-order valence-electron chi connectivity index (χ3n) is 7.26. The van der Waals surface area contributed by atoms with Crippen LogP contribution in [0.15, 0.2) is 42.5 Å². The van der Waals surface area contributed by atoms with Gasteiger partial charge in [-0.3, -0.25) is 4.79 Å². The molecular weight excluding hydrogens is 471 g/mol. The van der Waals surface area contributed by atoms with Gasteiger partial charge in [-0.05, 0) is 55.4 Å². The molecule has 1 amide bonds. The van der Waals surface area contributed by atoms with E-state index in [-0.39, 0.29) is 18.2 Å². The van der Waals surface area contributed by atoms with Crippen molar-refractivity contribution in [2.75, 3.05) is 32.5 Å². The van der Waals surface area contributed by atoms with E-state index in [0.29, 0.717) is 22.8 Å². The largest absolute Gasteiger partial charge is 0.496 e. The molecule has 0 radical (unpaired) electrons. The Labute approximate surface area is 215 Å². The molecule has 2 aromatic carbocycles. The molecule has 0 atom stereocenters. The van der Waals surface area contributed by atoms with Crippen LogP contribution in [0.5, 0.6) is 5.75 Å². The first kappa shape index (κ1) is 24.8. The zero-order valence-corrected chi connectivity index (χ0v) is 20.9. The maximum atomic E-state index is 13.6. The highest BCUT2D eigenvalue weighted by molar-refractivity contribution is 5.96. The molecule has 37 heavy (non-hydrogen) atoms. The first-order chi connectivity index (χ1) is 18.0. The summed E-state index contributed by atoms with van der Waals surface area (Å²) in [4.78, 5) is 15.1. The van der Waals surface area contributed by atoms with Gasteiger partial charge in [-0.2, -0.15) is 10.4 Å². The number of rotatable bonds is 8. The van der Waals surface area contributed by atoms with Crippen LogP contribution < -0.4 is 15.8 Å². The number of carbonyl (C=O) groups excluding carboxylic acids is 1. The molecule has 192 valence electrons. The second kappa shape index (κ2) is 10.6. The molecule has 1 saturated heterocycles. The molecule has 3 N–H and O–H groups in total. The van der Waals surface area contributed by atoms with Crippen molar-refractivity contribution < 1.29 is 13.9 Å². The van der Waals surface area contributed by atoms with Crippen molar-refractivity contribution in [2.45, 2.75) is 38.3 Å². The molecular formula is C28H31FN6O2. The number of likely N-dealkylation sites (tertiary alicyclic amines) is 1. The number of nitrogens with zero attached hydrogens (tertiary/aromatic N) is 4. The lowest BCUT2D eigenvalue weighted by molar-refractivity contribution is 0.0947. The summed E-state index contributed by atoms with van der Waals surface area (Å²) in [7, 11) is 1.43. The second-order valence-electron chi connectivity index (χ2n) is 9.86. The van der Waals surface area contributed by atoms with E-state index < -0.39 is 11.7 Å². The average Bonchev–Trinajstić information content (AvgIpc) is 3.68. The normalized spacial score (nSPS) is 16.4. The first-order valence-electron chi connectivity index (χ1n) is 12.7. The molecule has 1 aromatic heterocycles. The summed E-state index contributed by atoms with van der Waals surface area (Å²) in [6.07, 6.45) is 4.65. The zero-order valence-electron chi connectivity index (χ0n) is 20.9. The van der Waals surface area contributed by atoms with Crippen LogP contribution in [0.2, 0.25) is 0 Å². The van der Waals surface area contributed by atoms with Crippen LogP contribution in [0.1, 0.15) is 53.2 Å². The number of piperidine rings is 1. The Hall–Kier alpha value is -3.90. The van der Waals surface area contributed by atoms with Crippen molar-refractivity contribution in [3.05, 3.63) is 65.0 Å². The minimum absolute atomic E-state index is 0.136. The number of halogens is 1. The lowest BCUT2D eigenvalue weighted by atomic mass is 10.0. The number of ether oxygens (including phenoxy) is 1. The summed E-state index contributed by atoms with van der Waals surface area (Å²) in [6, 6.07) is 13.7. The van der Waals surface area contributed by atoms with Crippen molar-refractivity contribution in [1.82, 2.24) is 20.0 Å². The van der Waals surface area contributed by atoms with Gasteiger partial charge in [0.05, 0.1) is 18.7 Å². The number of hydrogen-bond acceptors (Lipinski definition) is 6. The van der Waals surface area contributed by atoms with Gasteiger partial charge in [0, 0.05) is 31.7 Å². The number of nitrogen functional groups attached to an aromatic ring is 1. The van der Waals surface area contributed by atoms with Gasteiger partial charge >= 0.3 is 0 Å². The van der Waals surface area contributed by atoms with Crippen LogP contribution in [0.4, 0.5) is 10.2 Å². The number of nitrogens with two attached hydrogens (primary N) is 1. The summed E-state index contributed by atoms with van der Waals surface area (Å²) in [5, 5.41) is 17.4. The average molecular weight is 503 g/mol. The summed E-state index contributed by atoms with van der Waals surface area (Å²) in [5.41, 5.74) is 9.12. The number of amides is 1. The minimum atomic E-state index is -0.508. The van der Waals surface area contributed by atoms with Crippen LogP contribution in [-0.4, -0.2) is 47.3 Å². The second-order valence-corrected chi connectivity index (χ2v) is 9.86. The van der Waals surface area contributed by atoms with Gasteiger partial charge in [0.25, 0.3) is 5.91 Å². The Morgan fingerprint density at radius 1 is 1.19 bits per heavy atom. The fourth-order valence-corrected chi connectivity index (χ4v) is 4.97. The van der Waals surface area contributed by atoms with Gasteiger partial charge in [-0.25, -0.2) is 9.07 Å². The van der Waals surface area contributed by atoms with Gasteiger partial charge < -0.3 is 20.7 Å². The molecule has 0 bridgehead atoms. The first-order valence-corrected chi connectivity index (χ1v) is 12.7. The summed E-state index contributed by atoms with van der Waals surface area (Å²) >= 11 is 0. The van der Waals surface area contributed by atoms with Crippen LogP contribution in [0, 0.1) is 23.1 Å². The number of benzene rings is 2. The van der Waals surface area contributed by atoms with Crippen molar-refractivity contribution in [3.63, 3.8) is 0 Å². The Morgan fingerprint density at radius 2 is 1.92 bits per heavy atom. The van der Waals surface area contributed by atoms with E-state index in [1.54, 1.807) is 0 Å². The summed E-state index contributed by atoms with van der Waals surface area (Å²) in [5.74, 6) is 0.662. The zero-order chi connectivity index (χ0) is 25.9. The fraction of sp³-hybridized carbons (Fsp3) is 0.393. The number of carbonyl (C=O) groups is 1. The smallest absolute Gasteiger partial charge is 0.255 e. The SMILES string of the molecule is COc1ccc(F)cc1C(=O)NCc1ccc(-c2nn(C3CCN(CC4CC4)CC3)c(N)c2C#N)cc1. The number of nitrogens with one attached hydrogen (secondary N) is 1. The Balaban J connectivity index is 1.26. The molecule has 2 heterocycles. The minimum Gasteiger partial charge on any atom is -0.496 e. The highest BCUT2D eigenvalue weighted by atomic mass is 19.1. The molecule has 8 nitrogen and oxygen atoms in total. The predicted molar refractivity (Wildman–Crippen MR) is 138 cm³/mol. The monoisotopic (exact) mass is 502 g/mol. The lowest BCUT2D eigenvalue weighted by Crippen LogP contribution is -2.36. The van der Waals surface area contributed by atoms with Crippen LogP contribution in [0.25, 0.3) is 11.3 Å². The number of hydrogen-bond donors (Lipinski definition) is 2. The van der Waals surface area contributed by atoms with Gasteiger partial charge in [-0.1, -0.05) is 24.3 Å². The van der Waals surface area contributed by atoms with E-state index in [0.717, 1.165) is 49.0 Å². The van der Waals surface area contributed by atoms with Gasteiger partial charge in [0.1, 0.15) is 34.7 Å². The number of aromatic nitrogens is 2. The van der Waals surface area contributed by atoms with Crippen molar-refractivity contribution in [1.29, 1.82) is 5.26 Å². The van der Waals surface area contributed by atoms with Crippen LogP contribution >= 0.6 is 0 Å². The molecule has 9 heteroatoms. The van der Waals surface area contributed by atoms with E-state index in [1.165, 1.54) is 38.6 Å². The highest BCUT2D eigenvalue weighted by Crippen LogP contribution is 2.34. The Bertz CT molecular complexity index is 1320. The van der Waals surface area contributed by atoms with Crippen LogP contribution in [0.3, 0.4) is 0 Å². The summed E-state index contributed by atoms with van der Waals surface area (Å²) < 4.78 is 20.6. The third kappa shape index (κ3) is 5.44. The lowest BCUT2D eigenvalue weighted by Gasteiger charge is -2.32. The number of anilines is 1. The highest BCUT2D eigenvalue weighted by Gasteiger charge is 2.29. The van der Waals surface area contributed by atoms with E-state index in [4.69, 9.17) is 15.6 Å². The molecule has 2 fully saturated rings. The van der Waals surface area contributed by atoms with E-state index >= 15 is 0 Å². The van der Waals surface area contributed by atoms with Crippen LogP contribution in [-0.2, 0) is 6.54 Å². The topological polar surface area (TPSA) is 109 Å². The standard InChI is InChI=1S/C28H31FN6O2/c1-37-25-9-8-21(29)14-23(25)28(36)32-16-18-4-6-20(7-5-18)26-24(15-30)27(31)35(33-26)22-10-12-34(13-11-22)17-19-2-3-19/h4-9,14,19,22H,2-3,10-13,16-17,31H2,1H3,(H,32,36). The number of nitriles is 1. The quantitative estimate of drug-likeness (QED) is 0.479. The van der Waals surface area contributed by atoms with Crippen molar-refractivity contribution >= 4 is 11.7 Å². The number of methoxy groups -OCH3 is 1. The third-order valence-corrected chi connectivity index (χ3v) is 7.26. The van der Waals surface area contributed by atoms with Gasteiger partial charge in [0.2, 0.25) is 0 Å². The van der Waals surface area contributed by atoms with Gasteiger partial charge in [0.15, 0.2) is 0 Å². The van der Waals surface area contributed by atoms with E-state index in [2.05, 4.69) is 16.3 Å². The van der Waals surface area contributed by atoms with Gasteiger partial charge in [-0.15, -0.1) is 0 Å². The van der Waals surface area contributed by atoms with Crippen molar-refractivity contribution in [2.24, 2.45) is 5.92 Å². The van der Waals surface area contributed by atoms with E-state index in [1.807, 2.05) is 28.9 Å². The molecule has 1 aliphatic heterocycles. The predicted octanol–water partition coefficient (Wildman–Crippen LogP) is 4.13. The van der Waals surface area contributed by atoms with Crippen molar-refractivity contribution in [3.8, 4) is 23.1 Å². The molecule has 1 aliphatic carbocycles. The summed E-state index contributed by atoms with van der Waals surface area (Å²) in [6.45, 7) is 3.50. The maximum Gasteiger partial charge on any atom is 0.255 e. The molecule has 5 rings (SSSR count). The fourth-order valence-electron chi connectivity index (χ4n) is 4.97. The molecule has 1 saturated carbocycles. The molecule has 2 aliphatic rings. The maximum absolute atomic E-state index is 13.6. The van der Waals surface area contributed by atoms with E-state index in [9.17, 15) is 14.4 Å². The molecule has 0 spiro atoms. The Kier molecular flexibility index (Phi) is 7.10. The molecule has 3 aromatic rings. The molecule has 0 unspecified atom stereocenters.